The lowest BCUT2D eigenvalue weighted by molar-refractivity contribution is 0.0761. The minimum Gasteiger partial charge on any atom is -0.361 e. The Morgan fingerprint density at radius 1 is 1.13 bits per heavy atom. The lowest BCUT2D eigenvalue weighted by Crippen LogP contribution is -2.33. The minimum atomic E-state index is -0.360. The van der Waals surface area contributed by atoms with Gasteiger partial charge in [-0.3, -0.25) is 9.78 Å². The van der Waals surface area contributed by atoms with Crippen molar-refractivity contribution in [1.29, 1.82) is 0 Å². The summed E-state index contributed by atoms with van der Waals surface area (Å²) in [6, 6.07) is 12.8. The number of hydrogen-bond donors (Lipinski definition) is 1. The summed E-state index contributed by atoms with van der Waals surface area (Å²) in [5, 5.41) is 1.16. The highest BCUT2D eigenvalue weighted by Crippen LogP contribution is 2.24. The SMILES string of the molecule is CCN(CCc1c[nH]c2ccccc12)C(=O)c1nccnc1-c1cc(C)cc(F)c1. The molecule has 30 heavy (non-hydrogen) atoms. The van der Waals surface area contributed by atoms with Crippen molar-refractivity contribution in [2.75, 3.05) is 13.1 Å². The van der Waals surface area contributed by atoms with E-state index in [0.717, 1.165) is 28.5 Å². The zero-order valence-corrected chi connectivity index (χ0v) is 17.0. The number of carbonyl (C=O) groups is 1. The number of benzene rings is 2. The maximum atomic E-state index is 13.9. The summed E-state index contributed by atoms with van der Waals surface area (Å²) in [5.74, 6) is -0.567. The average molecular weight is 402 g/mol. The van der Waals surface area contributed by atoms with Gasteiger partial charge in [0.05, 0.1) is 0 Å². The van der Waals surface area contributed by atoms with Crippen LogP contribution in [0.1, 0.15) is 28.5 Å². The zero-order valence-electron chi connectivity index (χ0n) is 17.0. The molecule has 0 aliphatic carbocycles. The molecular formula is C24H23FN4O. The average Bonchev–Trinajstić information content (AvgIpc) is 3.16. The zero-order chi connectivity index (χ0) is 21.1. The third-order valence-electron chi connectivity index (χ3n) is 5.21. The molecule has 4 aromatic rings. The van der Waals surface area contributed by atoms with E-state index in [1.54, 1.807) is 4.90 Å². The number of aromatic nitrogens is 3. The van der Waals surface area contributed by atoms with Gasteiger partial charge in [0.2, 0.25) is 0 Å². The summed E-state index contributed by atoms with van der Waals surface area (Å²) < 4.78 is 13.9. The molecule has 0 saturated heterocycles. The molecule has 0 atom stereocenters. The van der Waals surface area contributed by atoms with Crippen molar-refractivity contribution in [3.05, 3.63) is 83.7 Å². The lowest BCUT2D eigenvalue weighted by Gasteiger charge is -2.21. The highest BCUT2D eigenvalue weighted by molar-refractivity contribution is 5.98. The van der Waals surface area contributed by atoms with E-state index in [-0.39, 0.29) is 17.4 Å². The van der Waals surface area contributed by atoms with Gasteiger partial charge in [-0.1, -0.05) is 18.2 Å². The summed E-state index contributed by atoms with van der Waals surface area (Å²) in [7, 11) is 0. The third-order valence-corrected chi connectivity index (χ3v) is 5.21. The quantitative estimate of drug-likeness (QED) is 0.505. The molecule has 0 saturated carbocycles. The number of carbonyl (C=O) groups excluding carboxylic acids is 1. The first-order chi connectivity index (χ1) is 14.6. The van der Waals surface area contributed by atoms with Gasteiger partial charge in [-0.05, 0) is 55.7 Å². The molecule has 0 fully saturated rings. The first-order valence-corrected chi connectivity index (χ1v) is 9.99. The first-order valence-electron chi connectivity index (χ1n) is 9.99. The van der Waals surface area contributed by atoms with Crippen LogP contribution in [0.5, 0.6) is 0 Å². The van der Waals surface area contributed by atoms with Crippen molar-refractivity contribution < 1.29 is 9.18 Å². The molecule has 1 amide bonds. The van der Waals surface area contributed by atoms with Crippen molar-refractivity contribution in [3.63, 3.8) is 0 Å². The monoisotopic (exact) mass is 402 g/mol. The third kappa shape index (κ3) is 3.94. The van der Waals surface area contributed by atoms with Gasteiger partial charge in [0.25, 0.3) is 5.91 Å². The molecule has 2 heterocycles. The molecule has 0 bridgehead atoms. The van der Waals surface area contributed by atoms with Gasteiger partial charge < -0.3 is 9.88 Å². The highest BCUT2D eigenvalue weighted by Gasteiger charge is 2.21. The van der Waals surface area contributed by atoms with E-state index in [1.165, 1.54) is 24.5 Å². The minimum absolute atomic E-state index is 0.206. The smallest absolute Gasteiger partial charge is 0.274 e. The van der Waals surface area contributed by atoms with E-state index in [1.807, 2.05) is 44.3 Å². The maximum Gasteiger partial charge on any atom is 0.274 e. The topological polar surface area (TPSA) is 61.9 Å². The fraction of sp³-hybridized carbons (Fsp3) is 0.208. The Kier molecular flexibility index (Phi) is 5.57. The molecule has 1 N–H and O–H groups in total. The van der Waals surface area contributed by atoms with Crippen LogP contribution in [0.15, 0.2) is 61.1 Å². The highest BCUT2D eigenvalue weighted by atomic mass is 19.1. The normalized spacial score (nSPS) is 11.0. The Bertz CT molecular complexity index is 1180. The Morgan fingerprint density at radius 3 is 2.73 bits per heavy atom. The maximum absolute atomic E-state index is 13.9. The Labute approximate surface area is 174 Å². The molecule has 152 valence electrons. The number of halogens is 1. The number of nitrogens with one attached hydrogen (secondary N) is 1. The van der Waals surface area contributed by atoms with Crippen molar-refractivity contribution in [2.45, 2.75) is 20.3 Å². The molecule has 0 aliphatic heterocycles. The van der Waals surface area contributed by atoms with Crippen LogP contribution in [-0.2, 0) is 6.42 Å². The van der Waals surface area contributed by atoms with E-state index in [4.69, 9.17) is 0 Å². The second-order valence-electron chi connectivity index (χ2n) is 7.27. The van der Waals surface area contributed by atoms with E-state index in [0.29, 0.717) is 24.3 Å². The van der Waals surface area contributed by atoms with Gasteiger partial charge in [0.15, 0.2) is 5.69 Å². The number of fused-ring (bicyclic) bond motifs is 1. The summed E-state index contributed by atoms with van der Waals surface area (Å²) in [6.07, 6.45) is 5.73. The molecule has 2 aromatic heterocycles. The van der Waals surface area contributed by atoms with Gasteiger partial charge in [-0.2, -0.15) is 0 Å². The number of nitrogens with zero attached hydrogens (tertiary/aromatic N) is 3. The van der Waals surface area contributed by atoms with Gasteiger partial charge >= 0.3 is 0 Å². The number of aromatic amines is 1. The molecule has 0 aliphatic rings. The van der Waals surface area contributed by atoms with Crippen LogP contribution in [0.25, 0.3) is 22.2 Å². The predicted octanol–water partition coefficient (Wildman–Crippen LogP) is 4.78. The summed E-state index contributed by atoms with van der Waals surface area (Å²) >= 11 is 0. The summed E-state index contributed by atoms with van der Waals surface area (Å²) in [4.78, 5) is 26.9. The van der Waals surface area contributed by atoms with Gasteiger partial charge in [-0.25, -0.2) is 9.37 Å². The molecule has 4 rings (SSSR count). The van der Waals surface area contributed by atoms with Crippen LogP contribution in [0.2, 0.25) is 0 Å². The first kappa shape index (κ1) is 19.8. The Morgan fingerprint density at radius 2 is 1.93 bits per heavy atom. The van der Waals surface area contributed by atoms with Gasteiger partial charge in [0.1, 0.15) is 11.5 Å². The van der Waals surface area contributed by atoms with E-state index >= 15 is 0 Å². The van der Waals surface area contributed by atoms with Crippen molar-refractivity contribution in [2.24, 2.45) is 0 Å². The van der Waals surface area contributed by atoms with Crippen LogP contribution in [0.3, 0.4) is 0 Å². The van der Waals surface area contributed by atoms with Crippen molar-refractivity contribution in [3.8, 4) is 11.3 Å². The van der Waals surface area contributed by atoms with E-state index in [2.05, 4.69) is 21.0 Å². The van der Waals surface area contributed by atoms with Crippen molar-refractivity contribution in [1.82, 2.24) is 19.9 Å². The van der Waals surface area contributed by atoms with Crippen LogP contribution in [0, 0.1) is 12.7 Å². The summed E-state index contributed by atoms with van der Waals surface area (Å²) in [6.45, 7) is 4.84. The fourth-order valence-electron chi connectivity index (χ4n) is 3.73. The summed E-state index contributed by atoms with van der Waals surface area (Å²) in [5.41, 5.74) is 4.20. The largest absolute Gasteiger partial charge is 0.361 e. The fourth-order valence-corrected chi connectivity index (χ4v) is 3.73. The molecule has 0 unspecified atom stereocenters. The molecule has 5 nitrogen and oxygen atoms in total. The van der Waals surface area contributed by atoms with Crippen LogP contribution in [0.4, 0.5) is 4.39 Å². The molecule has 0 radical (unpaired) electrons. The number of amides is 1. The molecule has 6 heteroatoms. The number of aryl methyl sites for hydroxylation is 1. The molecule has 0 spiro atoms. The second kappa shape index (κ2) is 8.45. The molecular weight excluding hydrogens is 379 g/mol. The Hall–Kier alpha value is -3.54. The number of rotatable bonds is 6. The van der Waals surface area contributed by atoms with Crippen LogP contribution >= 0.6 is 0 Å². The van der Waals surface area contributed by atoms with Crippen LogP contribution in [-0.4, -0.2) is 38.8 Å². The van der Waals surface area contributed by atoms with Gasteiger partial charge in [0, 0.05) is 48.1 Å². The number of hydrogen-bond acceptors (Lipinski definition) is 3. The second-order valence-corrected chi connectivity index (χ2v) is 7.27. The van der Waals surface area contributed by atoms with Gasteiger partial charge in [-0.15, -0.1) is 0 Å². The van der Waals surface area contributed by atoms with Crippen LogP contribution < -0.4 is 0 Å². The lowest BCUT2D eigenvalue weighted by atomic mass is 10.1. The predicted molar refractivity (Wildman–Crippen MR) is 116 cm³/mol. The number of likely N-dealkylation sites (N-methyl/N-ethyl adjacent to an activating group) is 1. The van der Waals surface area contributed by atoms with Crippen molar-refractivity contribution >= 4 is 16.8 Å². The Balaban J connectivity index is 1.60. The number of para-hydroxylation sites is 1. The van der Waals surface area contributed by atoms with E-state index in [9.17, 15) is 9.18 Å². The molecule has 2 aromatic carbocycles. The standard InChI is InChI=1S/C24H23FN4O/c1-3-29(11-8-17-15-28-21-7-5-4-6-20(17)21)24(30)23-22(26-9-10-27-23)18-12-16(2)13-19(25)14-18/h4-7,9-10,12-15,28H,3,8,11H2,1-2H3. The number of H-pyrrole nitrogens is 1. The van der Waals surface area contributed by atoms with E-state index < -0.39 is 0 Å².